The summed E-state index contributed by atoms with van der Waals surface area (Å²) in [6, 6.07) is 47.9. The van der Waals surface area contributed by atoms with Gasteiger partial charge in [-0.3, -0.25) is 0 Å². The van der Waals surface area contributed by atoms with Crippen LogP contribution < -0.4 is 10.2 Å². The molecule has 0 unspecified atom stereocenters. The number of aliphatic imine (C=N–C) groups is 4. The van der Waals surface area contributed by atoms with Crippen LogP contribution in [0.3, 0.4) is 0 Å². The van der Waals surface area contributed by atoms with Gasteiger partial charge in [0.1, 0.15) is 0 Å². The van der Waals surface area contributed by atoms with E-state index in [1.807, 2.05) is 103 Å². The predicted molar refractivity (Wildman–Crippen MR) is 258 cm³/mol. The van der Waals surface area contributed by atoms with Gasteiger partial charge in [-0.2, -0.15) is 0 Å². The third-order valence-corrected chi connectivity index (χ3v) is 12.3. The zero-order valence-electron chi connectivity index (χ0n) is 34.8. The van der Waals surface area contributed by atoms with Crippen LogP contribution in [0.25, 0.3) is 49.4 Å². The van der Waals surface area contributed by atoms with Crippen molar-refractivity contribution in [2.45, 2.75) is 0 Å². The molecule has 6 aromatic carbocycles. The summed E-state index contributed by atoms with van der Waals surface area (Å²) in [7, 11) is 1.89. The summed E-state index contributed by atoms with van der Waals surface area (Å²) < 4.78 is 1.90. The topological polar surface area (TPSA) is 100 Å². The van der Waals surface area contributed by atoms with Gasteiger partial charge in [0, 0.05) is 41.1 Å². The Morgan fingerprint density at radius 2 is 0.785 bits per heavy atom. The molecule has 12 rings (SSSR count). The summed E-state index contributed by atoms with van der Waals surface area (Å²) >= 11 is 0. The first-order valence-electron chi connectivity index (χ1n) is 21.2. The zero-order chi connectivity index (χ0) is 42.9. The first-order valence-corrected chi connectivity index (χ1v) is 21.2. The number of aryl methyl sites for hydroxylation is 1. The number of hydrogen-bond acceptors (Lipinski definition) is 6. The summed E-state index contributed by atoms with van der Waals surface area (Å²) in [5, 5.41) is 30.4. The maximum Gasteiger partial charge on any atom is 2.00 e. The third-order valence-electron chi connectivity index (χ3n) is 12.3. The second kappa shape index (κ2) is 15.9. The fourth-order valence-corrected chi connectivity index (χ4v) is 9.46. The largest absolute Gasteiger partial charge is 2.00 e. The SMILES string of the molecule is Cn1cc2c([O-])c3ccccc3c([O-])c2c1C1=CC2=NC1=C(c1ccccc1)C1=NC(=C(c3ccccc3)C3=NC(=C(c4ccccc4)C4=NC(=C2c2ccccc2)C=C4)C=C3)C=C1.[Ni+2]. The number of benzene rings is 6. The van der Waals surface area contributed by atoms with Crippen LogP contribution in [0, 0.1) is 0 Å². The monoisotopic (exact) mass is 879 g/mol. The first kappa shape index (κ1) is 39.6. The minimum absolute atomic E-state index is 0. The van der Waals surface area contributed by atoms with E-state index in [0.29, 0.717) is 49.9 Å². The van der Waals surface area contributed by atoms with E-state index in [9.17, 15) is 10.2 Å². The molecule has 5 aliphatic rings. The van der Waals surface area contributed by atoms with Gasteiger partial charge in [0.25, 0.3) is 0 Å². The number of rotatable bonds is 5. The molecular weight excluding hydrogens is 845 g/mol. The molecule has 0 aliphatic carbocycles. The van der Waals surface area contributed by atoms with Gasteiger partial charge in [-0.05, 0) is 86.3 Å². The normalized spacial score (nSPS) is 16.4. The molecule has 310 valence electrons. The average Bonchev–Trinajstić information content (AvgIpc) is 4.21. The molecule has 6 heterocycles. The van der Waals surface area contributed by atoms with Crippen molar-refractivity contribution in [3.63, 3.8) is 0 Å². The molecule has 65 heavy (non-hydrogen) atoms. The Labute approximate surface area is 385 Å². The fraction of sp³-hybridized carbons (Fsp3) is 0.0175. The molecule has 1 aromatic heterocycles. The Bertz CT molecular complexity index is 3580. The van der Waals surface area contributed by atoms with E-state index < -0.39 is 0 Å². The Morgan fingerprint density at radius 3 is 1.25 bits per heavy atom. The molecule has 7 aromatic rings. The summed E-state index contributed by atoms with van der Waals surface area (Å²) in [4.78, 5) is 21.9. The first-order chi connectivity index (χ1) is 31.5. The van der Waals surface area contributed by atoms with E-state index in [1.54, 1.807) is 30.5 Å². The molecule has 8 bridgehead atoms. The minimum atomic E-state index is -0.204. The average molecular weight is 881 g/mol. The molecule has 8 heteroatoms. The van der Waals surface area contributed by atoms with Gasteiger partial charge in [0.05, 0.1) is 51.3 Å². The zero-order valence-corrected chi connectivity index (χ0v) is 35.8. The van der Waals surface area contributed by atoms with Crippen molar-refractivity contribution >= 4 is 72.3 Å². The molecule has 5 aliphatic heterocycles. The second-order valence-corrected chi connectivity index (χ2v) is 16.1. The smallest absolute Gasteiger partial charge is 0.872 e. The number of fused-ring (bicyclic) bond motifs is 6. The number of aromatic nitrogens is 1. The van der Waals surface area contributed by atoms with Crippen LogP contribution in [0.15, 0.2) is 237 Å². The quantitative estimate of drug-likeness (QED) is 0.161. The van der Waals surface area contributed by atoms with Gasteiger partial charge in [0.15, 0.2) is 0 Å². The van der Waals surface area contributed by atoms with Crippen LogP contribution in [-0.2, 0) is 23.5 Å². The Hall–Kier alpha value is -8.19. The molecule has 0 amide bonds. The Kier molecular flexibility index (Phi) is 9.68. The maximum atomic E-state index is 14.7. The van der Waals surface area contributed by atoms with E-state index >= 15 is 0 Å². The molecule has 0 radical (unpaired) electrons. The second-order valence-electron chi connectivity index (χ2n) is 16.1. The summed E-state index contributed by atoms with van der Waals surface area (Å²) in [6.07, 6.45) is 16.2. The van der Waals surface area contributed by atoms with Crippen LogP contribution in [0.1, 0.15) is 27.9 Å². The number of nitrogens with zero attached hydrogens (tertiary/aromatic N) is 5. The maximum absolute atomic E-state index is 14.7. The van der Waals surface area contributed by atoms with E-state index in [-0.39, 0.29) is 28.0 Å². The van der Waals surface area contributed by atoms with Gasteiger partial charge in [-0.15, -0.1) is 0 Å². The molecular formula is C57H35N5NiO2. The van der Waals surface area contributed by atoms with Crippen molar-refractivity contribution in [2.75, 3.05) is 0 Å². The number of hydrogen-bond donors (Lipinski definition) is 0. The van der Waals surface area contributed by atoms with Crippen LogP contribution in [0.5, 0.6) is 11.5 Å². The fourth-order valence-electron chi connectivity index (χ4n) is 9.46. The van der Waals surface area contributed by atoms with Gasteiger partial charge in [-0.1, -0.05) is 157 Å². The molecule has 0 fully saturated rings. The summed E-state index contributed by atoms with van der Waals surface area (Å²) in [5.74, 6) is -0.387. The standard InChI is InChI=1S/C57H37N5O2.Ni/c1-62-33-41-53(57(64)39-25-15-14-24-38(39)56(41)63)55(62)40-32-48-51(36-20-10-4-11-21-36)46-29-28-44(59-46)49(34-16-6-2-7-17-34)42-26-27-43(58-42)50(35-18-8-3-9-19-35)45-30-31-47(60-45)52(54(40)61-48)37-22-12-5-13-23-37;/h2-33,63-64H,1H3;/q;+2/p-2. The van der Waals surface area contributed by atoms with E-state index in [2.05, 4.69) is 72.8 Å². The molecule has 7 nitrogen and oxygen atoms in total. The summed E-state index contributed by atoms with van der Waals surface area (Å²) in [6.45, 7) is 0. The van der Waals surface area contributed by atoms with E-state index in [0.717, 1.165) is 73.1 Å². The van der Waals surface area contributed by atoms with Gasteiger partial charge in [0.2, 0.25) is 0 Å². The van der Waals surface area contributed by atoms with E-state index in [1.165, 1.54) is 0 Å². The van der Waals surface area contributed by atoms with Gasteiger partial charge >= 0.3 is 16.5 Å². The van der Waals surface area contributed by atoms with E-state index in [4.69, 9.17) is 20.0 Å². The van der Waals surface area contributed by atoms with Crippen molar-refractivity contribution in [2.24, 2.45) is 27.0 Å². The van der Waals surface area contributed by atoms with Crippen molar-refractivity contribution in [3.8, 4) is 11.5 Å². The molecule has 0 atom stereocenters. The molecule has 0 saturated heterocycles. The van der Waals surface area contributed by atoms with Crippen LogP contribution in [-0.4, -0.2) is 27.4 Å². The minimum Gasteiger partial charge on any atom is -0.872 e. The van der Waals surface area contributed by atoms with Crippen LogP contribution in [0.2, 0.25) is 0 Å². The molecule has 0 N–H and O–H groups in total. The van der Waals surface area contributed by atoms with Gasteiger partial charge in [-0.25, -0.2) is 20.0 Å². The number of allylic oxidation sites excluding steroid dienone is 12. The van der Waals surface area contributed by atoms with Gasteiger partial charge < -0.3 is 14.8 Å². The van der Waals surface area contributed by atoms with Crippen molar-refractivity contribution < 1.29 is 26.7 Å². The Balaban J connectivity index is 0.00000469. The third kappa shape index (κ3) is 6.49. The van der Waals surface area contributed by atoms with Crippen LogP contribution >= 0.6 is 0 Å². The predicted octanol–water partition coefficient (Wildman–Crippen LogP) is 11.0. The molecule has 0 spiro atoms. The Morgan fingerprint density at radius 1 is 0.400 bits per heavy atom. The van der Waals surface area contributed by atoms with Crippen molar-refractivity contribution in [3.05, 3.63) is 245 Å². The van der Waals surface area contributed by atoms with Crippen LogP contribution in [0.4, 0.5) is 0 Å². The molecule has 0 saturated carbocycles. The van der Waals surface area contributed by atoms with Crippen molar-refractivity contribution in [1.29, 1.82) is 0 Å². The summed E-state index contributed by atoms with van der Waals surface area (Å²) in [5.41, 5.74) is 14.2. The van der Waals surface area contributed by atoms with Crippen molar-refractivity contribution in [1.82, 2.24) is 4.57 Å².